The number of amides is 2. The number of rotatable bonds is 13. The van der Waals surface area contributed by atoms with Crippen molar-refractivity contribution in [3.63, 3.8) is 0 Å². The van der Waals surface area contributed by atoms with Gasteiger partial charge in [0.25, 0.3) is 11.8 Å². The van der Waals surface area contributed by atoms with E-state index in [1.165, 1.54) is 23.5 Å². The van der Waals surface area contributed by atoms with Gasteiger partial charge in [0.05, 0.1) is 26.3 Å². The number of carbonyl (C=O) groups excluding carboxylic acids is 4. The molecule has 22 heteroatoms. The summed E-state index contributed by atoms with van der Waals surface area (Å²) in [7, 11) is 2.92. The van der Waals surface area contributed by atoms with Gasteiger partial charge in [-0.1, -0.05) is 42.9 Å². The van der Waals surface area contributed by atoms with Crippen molar-refractivity contribution in [2.75, 3.05) is 27.3 Å². The minimum atomic E-state index is -0.703. The van der Waals surface area contributed by atoms with Crippen LogP contribution in [-0.4, -0.2) is 100 Å². The van der Waals surface area contributed by atoms with Crippen LogP contribution in [0.2, 0.25) is 0 Å². The second-order valence-corrected chi connectivity index (χ2v) is 11.6. The highest BCUT2D eigenvalue weighted by Gasteiger charge is 2.28. The molecule has 2 N–H and O–H groups in total. The first-order valence-corrected chi connectivity index (χ1v) is 15.2. The molecule has 4 rings (SSSR count). The van der Waals surface area contributed by atoms with Gasteiger partial charge in [0.2, 0.25) is 11.4 Å². The van der Waals surface area contributed by atoms with Gasteiger partial charge >= 0.3 is 11.9 Å². The van der Waals surface area contributed by atoms with Crippen molar-refractivity contribution < 1.29 is 28.7 Å². The van der Waals surface area contributed by atoms with E-state index in [9.17, 15) is 19.2 Å². The fraction of sp³-hybridized carbons (Fsp3) is 0.400. The Balaban J connectivity index is 1.67. The van der Waals surface area contributed by atoms with E-state index in [2.05, 4.69) is 50.4 Å². The van der Waals surface area contributed by atoms with Gasteiger partial charge < -0.3 is 20.1 Å². The molecule has 0 atom stereocenters. The standard InChI is InChI=1S/C20H22N12O6S4/c1-5-37-17(35)11-15(39-19-9(13(33)21-3)25-29-41-19)31(27-23-11)7-8-32-16(12(24-28-32)18(36)38-6-2)40-20-10(14(34)22-4)26-30-42-20/h5-8H2,1-4H3,(H,21,33)(H,22,34). The SMILES string of the molecule is CCOC(=O)c1nnn(CCn2nnc(C(=O)OCC)c2Sc2snnc2C(=O)NC)c1Sc1snnc1C(=O)NC. The molecule has 0 aliphatic heterocycles. The maximum absolute atomic E-state index is 12.7. The van der Waals surface area contributed by atoms with Crippen LogP contribution in [0, 0.1) is 0 Å². The lowest BCUT2D eigenvalue weighted by molar-refractivity contribution is 0.0505. The average Bonchev–Trinajstić information content (AvgIpc) is 3.79. The summed E-state index contributed by atoms with van der Waals surface area (Å²) in [5.41, 5.74) is 0.0253. The molecule has 0 unspecified atom stereocenters. The van der Waals surface area contributed by atoms with Crippen LogP contribution in [0.25, 0.3) is 0 Å². The molecule has 4 heterocycles. The van der Waals surface area contributed by atoms with Gasteiger partial charge in [0.1, 0.15) is 18.5 Å². The Morgan fingerprint density at radius 1 is 0.690 bits per heavy atom. The molecule has 0 saturated heterocycles. The van der Waals surface area contributed by atoms with Crippen LogP contribution in [0.5, 0.6) is 0 Å². The van der Waals surface area contributed by atoms with E-state index in [1.54, 1.807) is 13.8 Å². The zero-order chi connectivity index (χ0) is 30.2. The predicted octanol–water partition coefficient (Wildman–Crippen LogP) is 0.648. The minimum absolute atomic E-state index is 0.0653. The van der Waals surface area contributed by atoms with Gasteiger partial charge in [-0.05, 0) is 36.9 Å². The van der Waals surface area contributed by atoms with Crippen molar-refractivity contribution in [2.45, 2.75) is 45.4 Å². The lowest BCUT2D eigenvalue weighted by Crippen LogP contribution is -2.19. The molecule has 4 aromatic heterocycles. The van der Waals surface area contributed by atoms with Gasteiger partial charge in [-0.3, -0.25) is 9.59 Å². The molecule has 18 nitrogen and oxygen atoms in total. The van der Waals surface area contributed by atoms with E-state index < -0.39 is 23.8 Å². The highest BCUT2D eigenvalue weighted by Crippen LogP contribution is 2.36. The first-order chi connectivity index (χ1) is 20.3. The van der Waals surface area contributed by atoms with Crippen molar-refractivity contribution in [3.05, 3.63) is 22.8 Å². The summed E-state index contributed by atoms with van der Waals surface area (Å²) in [6.07, 6.45) is 0. The van der Waals surface area contributed by atoms with Gasteiger partial charge in [-0.25, -0.2) is 19.0 Å². The summed E-state index contributed by atoms with van der Waals surface area (Å²) in [6, 6.07) is 0. The number of aromatic nitrogens is 10. The van der Waals surface area contributed by atoms with Crippen LogP contribution >= 0.6 is 46.6 Å². The summed E-state index contributed by atoms with van der Waals surface area (Å²) in [5, 5.41) is 29.5. The van der Waals surface area contributed by atoms with E-state index in [1.807, 2.05) is 0 Å². The first kappa shape index (κ1) is 30.9. The van der Waals surface area contributed by atoms with E-state index in [0.717, 1.165) is 46.6 Å². The normalized spacial score (nSPS) is 10.9. The number of ether oxygens (including phenoxy) is 2. The highest BCUT2D eigenvalue weighted by atomic mass is 32.2. The molecule has 0 aromatic carbocycles. The number of nitrogens with zero attached hydrogens (tertiary/aromatic N) is 10. The number of carbonyl (C=O) groups is 4. The van der Waals surface area contributed by atoms with Gasteiger partial charge in [0, 0.05) is 14.1 Å². The van der Waals surface area contributed by atoms with Crippen LogP contribution in [0.3, 0.4) is 0 Å². The molecule has 2 amide bonds. The summed E-state index contributed by atoms with van der Waals surface area (Å²) in [6.45, 7) is 3.73. The van der Waals surface area contributed by atoms with Crippen LogP contribution in [0.4, 0.5) is 0 Å². The summed E-state index contributed by atoms with van der Waals surface area (Å²) < 4.78 is 21.6. The Hall–Kier alpha value is -4.02. The summed E-state index contributed by atoms with van der Waals surface area (Å²) in [5.74, 6) is -2.31. The van der Waals surface area contributed by atoms with E-state index in [0.29, 0.717) is 8.42 Å². The number of hydrogen-bond donors (Lipinski definition) is 2. The quantitative estimate of drug-likeness (QED) is 0.189. The second-order valence-electron chi connectivity index (χ2n) is 7.55. The fourth-order valence-corrected chi connectivity index (χ4v) is 6.66. The fourth-order valence-electron chi connectivity index (χ4n) is 3.14. The molecular weight excluding hydrogens is 633 g/mol. The minimum Gasteiger partial charge on any atom is -0.461 e. The van der Waals surface area contributed by atoms with Crippen molar-refractivity contribution in [2.24, 2.45) is 0 Å². The Bertz CT molecular complexity index is 1480. The lowest BCUT2D eigenvalue weighted by Gasteiger charge is -2.09. The molecule has 0 radical (unpaired) electrons. The monoisotopic (exact) mass is 654 g/mol. The third kappa shape index (κ3) is 6.71. The van der Waals surface area contributed by atoms with Crippen LogP contribution in [-0.2, 0) is 22.6 Å². The Morgan fingerprint density at radius 2 is 1.10 bits per heavy atom. The maximum atomic E-state index is 12.7. The van der Waals surface area contributed by atoms with E-state index >= 15 is 0 Å². The topological polar surface area (TPSA) is 224 Å². The largest absolute Gasteiger partial charge is 0.461 e. The van der Waals surface area contributed by atoms with E-state index in [4.69, 9.17) is 9.47 Å². The predicted molar refractivity (Wildman–Crippen MR) is 147 cm³/mol. The third-order valence-electron chi connectivity index (χ3n) is 5.02. The summed E-state index contributed by atoms with van der Waals surface area (Å²) >= 11 is 3.99. The van der Waals surface area contributed by atoms with Crippen LogP contribution in [0.15, 0.2) is 18.5 Å². The van der Waals surface area contributed by atoms with Gasteiger partial charge in [-0.15, -0.1) is 20.4 Å². The van der Waals surface area contributed by atoms with Crippen molar-refractivity contribution in [1.29, 1.82) is 0 Å². The zero-order valence-electron chi connectivity index (χ0n) is 22.4. The number of nitrogens with one attached hydrogen (secondary N) is 2. The van der Waals surface area contributed by atoms with Crippen LogP contribution in [0.1, 0.15) is 55.8 Å². The second kappa shape index (κ2) is 14.2. The molecule has 0 fully saturated rings. The molecule has 0 saturated carbocycles. The van der Waals surface area contributed by atoms with Gasteiger partial charge in [-0.2, -0.15) is 0 Å². The number of aryl methyl sites for hydroxylation is 2. The molecule has 0 aliphatic carbocycles. The Kier molecular flexibility index (Phi) is 10.5. The van der Waals surface area contributed by atoms with Crippen molar-refractivity contribution in [3.8, 4) is 0 Å². The molecule has 0 bridgehead atoms. The molecule has 0 aliphatic rings. The Labute approximate surface area is 253 Å². The average molecular weight is 655 g/mol. The number of esters is 2. The summed E-state index contributed by atoms with van der Waals surface area (Å²) in [4.78, 5) is 49.8. The molecule has 0 spiro atoms. The molecule has 42 heavy (non-hydrogen) atoms. The molecule has 222 valence electrons. The molecule has 4 aromatic rings. The highest BCUT2D eigenvalue weighted by molar-refractivity contribution is 8.01. The third-order valence-corrected chi connectivity index (χ3v) is 8.96. The van der Waals surface area contributed by atoms with E-state index in [-0.39, 0.29) is 59.1 Å². The van der Waals surface area contributed by atoms with Gasteiger partial charge in [0.15, 0.2) is 11.4 Å². The van der Waals surface area contributed by atoms with Crippen molar-refractivity contribution in [1.82, 2.24) is 59.8 Å². The Morgan fingerprint density at radius 3 is 1.45 bits per heavy atom. The maximum Gasteiger partial charge on any atom is 0.361 e. The first-order valence-electron chi connectivity index (χ1n) is 12.0. The molecular formula is C20H22N12O6S4. The van der Waals surface area contributed by atoms with Crippen molar-refractivity contribution >= 4 is 70.3 Å². The smallest absolute Gasteiger partial charge is 0.361 e. The zero-order valence-corrected chi connectivity index (χ0v) is 25.6. The van der Waals surface area contributed by atoms with Crippen LogP contribution < -0.4 is 10.6 Å². The lowest BCUT2D eigenvalue weighted by atomic mass is 10.4. The number of hydrogen-bond acceptors (Lipinski definition) is 18.